The Labute approximate surface area is 84.3 Å². The molecule has 0 spiro atoms. The van der Waals surface area contributed by atoms with Gasteiger partial charge >= 0.3 is 6.09 Å². The summed E-state index contributed by atoms with van der Waals surface area (Å²) in [6.45, 7) is 6.67. The first kappa shape index (κ1) is 11.0. The van der Waals surface area contributed by atoms with E-state index in [9.17, 15) is 4.79 Å². The molecule has 0 atom stereocenters. The average molecular weight is 199 g/mol. The Bertz CT molecular complexity index is 240. The molecule has 0 aliphatic carbocycles. The van der Waals surface area contributed by atoms with Crippen LogP contribution in [-0.2, 0) is 9.47 Å². The number of alkyl carbamates (subject to hydrolysis) is 1. The van der Waals surface area contributed by atoms with Crippen LogP contribution in [0.1, 0.15) is 27.2 Å². The van der Waals surface area contributed by atoms with Gasteiger partial charge in [0.15, 0.2) is 0 Å². The van der Waals surface area contributed by atoms with Gasteiger partial charge in [0, 0.05) is 5.70 Å². The largest absolute Gasteiger partial charge is 0.444 e. The lowest BCUT2D eigenvalue weighted by Crippen LogP contribution is -2.33. The van der Waals surface area contributed by atoms with Crippen LogP contribution in [0.3, 0.4) is 0 Å². The molecule has 0 fully saturated rings. The minimum atomic E-state index is -0.458. The summed E-state index contributed by atoms with van der Waals surface area (Å²) >= 11 is 0. The zero-order valence-corrected chi connectivity index (χ0v) is 8.92. The fraction of sp³-hybridized carbons (Fsp3) is 0.700. The Morgan fingerprint density at radius 1 is 1.57 bits per heavy atom. The molecular formula is C10H17NO3. The van der Waals surface area contributed by atoms with Crippen molar-refractivity contribution >= 4 is 6.09 Å². The Morgan fingerprint density at radius 3 is 2.79 bits per heavy atom. The number of ether oxygens (including phenoxy) is 2. The fourth-order valence-electron chi connectivity index (χ4n) is 1.08. The normalized spacial score (nSPS) is 17.2. The van der Waals surface area contributed by atoms with Crippen molar-refractivity contribution in [2.24, 2.45) is 0 Å². The minimum absolute atomic E-state index is 0.422. The molecule has 0 bridgehead atoms. The van der Waals surface area contributed by atoms with E-state index in [1.54, 1.807) is 0 Å². The molecule has 0 radical (unpaired) electrons. The lowest BCUT2D eigenvalue weighted by Gasteiger charge is -2.21. The van der Waals surface area contributed by atoms with Gasteiger partial charge in [-0.1, -0.05) is 6.08 Å². The number of carbonyl (C=O) groups is 1. The molecule has 0 saturated carbocycles. The van der Waals surface area contributed by atoms with Gasteiger partial charge in [-0.25, -0.2) is 4.79 Å². The van der Waals surface area contributed by atoms with Crippen LogP contribution in [-0.4, -0.2) is 24.9 Å². The van der Waals surface area contributed by atoms with Crippen LogP contribution in [0.2, 0.25) is 0 Å². The van der Waals surface area contributed by atoms with E-state index in [1.165, 1.54) is 0 Å². The third kappa shape index (κ3) is 4.28. The Hall–Kier alpha value is -1.03. The van der Waals surface area contributed by atoms with Crippen molar-refractivity contribution in [1.82, 2.24) is 5.32 Å². The zero-order chi connectivity index (χ0) is 10.6. The number of carbonyl (C=O) groups excluding carboxylic acids is 1. The summed E-state index contributed by atoms with van der Waals surface area (Å²) in [4.78, 5) is 11.3. The van der Waals surface area contributed by atoms with Gasteiger partial charge in [-0.3, -0.25) is 5.32 Å². The maximum Gasteiger partial charge on any atom is 0.411 e. The Morgan fingerprint density at radius 2 is 2.29 bits per heavy atom. The lowest BCUT2D eigenvalue weighted by atomic mass is 10.2. The summed E-state index contributed by atoms with van der Waals surface area (Å²) in [5.41, 5.74) is 0.325. The molecule has 1 amide bonds. The molecule has 0 aromatic heterocycles. The van der Waals surface area contributed by atoms with Gasteiger partial charge in [0.1, 0.15) is 5.60 Å². The second kappa shape index (κ2) is 4.46. The van der Waals surface area contributed by atoms with Crippen molar-refractivity contribution in [3.8, 4) is 0 Å². The maximum absolute atomic E-state index is 11.3. The smallest absolute Gasteiger partial charge is 0.411 e. The molecule has 14 heavy (non-hydrogen) atoms. The SMILES string of the molecule is CC(C)(C)OC(=O)NC1=CCCOC1. The van der Waals surface area contributed by atoms with Crippen LogP contribution in [0, 0.1) is 0 Å². The number of hydrogen-bond donors (Lipinski definition) is 1. The van der Waals surface area contributed by atoms with Crippen molar-refractivity contribution in [2.75, 3.05) is 13.2 Å². The van der Waals surface area contributed by atoms with Gasteiger partial charge in [-0.15, -0.1) is 0 Å². The number of hydrogen-bond acceptors (Lipinski definition) is 3. The van der Waals surface area contributed by atoms with E-state index in [2.05, 4.69) is 5.32 Å². The van der Waals surface area contributed by atoms with Gasteiger partial charge in [-0.2, -0.15) is 0 Å². The number of rotatable bonds is 1. The first-order valence-corrected chi connectivity index (χ1v) is 4.74. The van der Waals surface area contributed by atoms with Crippen molar-refractivity contribution in [3.63, 3.8) is 0 Å². The summed E-state index contributed by atoms with van der Waals surface area (Å²) in [5, 5.41) is 2.65. The summed E-state index contributed by atoms with van der Waals surface area (Å²) in [7, 11) is 0. The third-order valence-corrected chi connectivity index (χ3v) is 1.57. The van der Waals surface area contributed by atoms with Gasteiger partial charge in [0.05, 0.1) is 13.2 Å². The molecule has 4 nitrogen and oxygen atoms in total. The summed E-state index contributed by atoms with van der Waals surface area (Å²) < 4.78 is 10.3. The molecule has 4 heteroatoms. The van der Waals surface area contributed by atoms with E-state index in [0.29, 0.717) is 6.61 Å². The molecule has 1 aliphatic rings. The second-order valence-corrected chi connectivity index (χ2v) is 4.20. The summed E-state index contributed by atoms with van der Waals surface area (Å²) in [5.74, 6) is 0. The monoisotopic (exact) mass is 199 g/mol. The number of amides is 1. The van der Waals surface area contributed by atoms with Crippen LogP contribution >= 0.6 is 0 Å². The minimum Gasteiger partial charge on any atom is -0.444 e. The highest BCUT2D eigenvalue weighted by molar-refractivity contribution is 5.70. The lowest BCUT2D eigenvalue weighted by molar-refractivity contribution is 0.0524. The van der Waals surface area contributed by atoms with Gasteiger partial charge < -0.3 is 9.47 Å². The van der Waals surface area contributed by atoms with Crippen LogP contribution in [0.25, 0.3) is 0 Å². The Kier molecular flexibility index (Phi) is 3.52. The van der Waals surface area contributed by atoms with E-state index in [-0.39, 0.29) is 0 Å². The molecular weight excluding hydrogens is 182 g/mol. The fourth-order valence-corrected chi connectivity index (χ4v) is 1.08. The molecule has 1 heterocycles. The first-order valence-electron chi connectivity index (χ1n) is 4.74. The highest BCUT2D eigenvalue weighted by atomic mass is 16.6. The highest BCUT2D eigenvalue weighted by Gasteiger charge is 2.17. The standard InChI is InChI=1S/C10H17NO3/c1-10(2,3)14-9(12)11-8-5-4-6-13-7-8/h5H,4,6-7H2,1-3H3,(H,11,12). The van der Waals surface area contributed by atoms with E-state index >= 15 is 0 Å². The molecule has 80 valence electrons. The quantitative estimate of drug-likeness (QED) is 0.700. The maximum atomic E-state index is 11.3. The first-order chi connectivity index (χ1) is 6.47. The predicted octanol–water partition coefficient (Wildman–Crippen LogP) is 1.82. The third-order valence-electron chi connectivity index (χ3n) is 1.57. The predicted molar refractivity (Wildman–Crippen MR) is 52.9 cm³/mol. The van der Waals surface area contributed by atoms with E-state index in [0.717, 1.165) is 18.7 Å². The molecule has 1 aliphatic heterocycles. The zero-order valence-electron chi connectivity index (χ0n) is 8.92. The van der Waals surface area contributed by atoms with Crippen LogP contribution in [0.15, 0.2) is 11.8 Å². The summed E-state index contributed by atoms with van der Waals surface area (Å²) in [6, 6.07) is 0. The molecule has 0 aromatic carbocycles. The van der Waals surface area contributed by atoms with Gasteiger partial charge in [0.2, 0.25) is 0 Å². The summed E-state index contributed by atoms with van der Waals surface area (Å²) in [6.07, 6.45) is 2.37. The van der Waals surface area contributed by atoms with Crippen molar-refractivity contribution in [1.29, 1.82) is 0 Å². The Balaban J connectivity index is 2.36. The molecule has 1 N–H and O–H groups in total. The van der Waals surface area contributed by atoms with Gasteiger partial charge in [-0.05, 0) is 27.2 Å². The van der Waals surface area contributed by atoms with Crippen LogP contribution in [0.4, 0.5) is 4.79 Å². The number of nitrogens with one attached hydrogen (secondary N) is 1. The second-order valence-electron chi connectivity index (χ2n) is 4.20. The van der Waals surface area contributed by atoms with Crippen molar-refractivity contribution in [2.45, 2.75) is 32.8 Å². The topological polar surface area (TPSA) is 47.6 Å². The molecule has 0 unspecified atom stereocenters. The molecule has 1 rings (SSSR count). The molecule has 0 saturated heterocycles. The van der Waals surface area contributed by atoms with E-state index in [4.69, 9.17) is 9.47 Å². The van der Waals surface area contributed by atoms with Crippen LogP contribution < -0.4 is 5.32 Å². The van der Waals surface area contributed by atoms with E-state index in [1.807, 2.05) is 26.8 Å². The highest BCUT2D eigenvalue weighted by Crippen LogP contribution is 2.08. The average Bonchev–Trinajstić information content (AvgIpc) is 2.02. The molecule has 0 aromatic rings. The van der Waals surface area contributed by atoms with Crippen molar-refractivity contribution < 1.29 is 14.3 Å². The van der Waals surface area contributed by atoms with Crippen molar-refractivity contribution in [3.05, 3.63) is 11.8 Å². The van der Waals surface area contributed by atoms with E-state index < -0.39 is 11.7 Å². The van der Waals surface area contributed by atoms with Gasteiger partial charge in [0.25, 0.3) is 0 Å². The van der Waals surface area contributed by atoms with Crippen LogP contribution in [0.5, 0.6) is 0 Å².